The van der Waals surface area contributed by atoms with Crippen molar-refractivity contribution in [2.45, 2.75) is 13.0 Å². The molecule has 0 radical (unpaired) electrons. The number of oxime groups is 1. The van der Waals surface area contributed by atoms with Crippen LogP contribution in [0.3, 0.4) is 0 Å². The van der Waals surface area contributed by atoms with Crippen LogP contribution in [0.4, 0.5) is 22.0 Å². The predicted octanol–water partition coefficient (Wildman–Crippen LogP) is 1.59. The Bertz CT molecular complexity index is 591. The molecule has 3 N–H and O–H groups in total. The molecular weight excluding hydrogens is 301 g/mol. The summed E-state index contributed by atoms with van der Waals surface area (Å²) in [6.07, 6.45) is 0. The van der Waals surface area contributed by atoms with Crippen molar-refractivity contribution >= 4 is 11.7 Å². The Balaban J connectivity index is 3.38. The average molecular weight is 311 g/mol. The molecule has 0 aromatic heterocycles. The number of benzene rings is 1. The number of nitrogens with zero attached hydrogens (tertiary/aromatic N) is 2. The minimum absolute atomic E-state index is 0.491. The van der Waals surface area contributed by atoms with Crippen molar-refractivity contribution in [3.8, 4) is 0 Å². The minimum Gasteiger partial charge on any atom is -0.409 e. The normalized spacial score (nSPS) is 13.2. The number of amidine groups is 1. The molecule has 0 fully saturated rings. The molecule has 1 atom stereocenters. The third-order valence-corrected chi connectivity index (χ3v) is 2.87. The average Bonchev–Trinajstić information content (AvgIpc) is 2.48. The number of amides is 1. The van der Waals surface area contributed by atoms with Crippen molar-refractivity contribution in [3.05, 3.63) is 34.6 Å². The van der Waals surface area contributed by atoms with Gasteiger partial charge >= 0.3 is 0 Å². The van der Waals surface area contributed by atoms with Crippen molar-refractivity contribution in [1.29, 1.82) is 0 Å². The van der Waals surface area contributed by atoms with Crippen molar-refractivity contribution < 1.29 is 32.0 Å². The standard InChI is InChI=1S/C11H10F5N3O2/c1-3(10(17)18-21)19(2)11(20)4-5(12)7(14)9(16)8(15)6(4)13/h3,21H,1-2H3,(H2,17,18). The number of hydrogen-bond donors (Lipinski definition) is 2. The molecule has 1 rings (SSSR count). The van der Waals surface area contributed by atoms with Crippen LogP contribution in [0.25, 0.3) is 0 Å². The van der Waals surface area contributed by atoms with Crippen molar-refractivity contribution in [3.63, 3.8) is 0 Å². The Labute approximate surface area is 115 Å². The maximum absolute atomic E-state index is 13.5. The van der Waals surface area contributed by atoms with Gasteiger partial charge in [-0.2, -0.15) is 0 Å². The molecule has 21 heavy (non-hydrogen) atoms. The van der Waals surface area contributed by atoms with Gasteiger partial charge < -0.3 is 15.8 Å². The van der Waals surface area contributed by atoms with Crippen molar-refractivity contribution in [2.75, 3.05) is 7.05 Å². The lowest BCUT2D eigenvalue weighted by Crippen LogP contribution is -2.44. The third kappa shape index (κ3) is 2.73. The first kappa shape index (κ1) is 16.7. The molecule has 1 aromatic rings. The van der Waals surface area contributed by atoms with E-state index in [1.807, 2.05) is 0 Å². The maximum atomic E-state index is 13.5. The Morgan fingerprint density at radius 3 is 1.86 bits per heavy atom. The second kappa shape index (κ2) is 5.94. The van der Waals surface area contributed by atoms with Crippen LogP contribution in [0, 0.1) is 29.1 Å². The lowest BCUT2D eigenvalue weighted by atomic mass is 10.1. The molecule has 0 bridgehead atoms. The Hall–Kier alpha value is -2.39. The van der Waals surface area contributed by atoms with Gasteiger partial charge in [0.05, 0.1) is 6.04 Å². The van der Waals surface area contributed by atoms with Gasteiger partial charge in [-0.25, -0.2) is 22.0 Å². The first-order valence-electron chi connectivity index (χ1n) is 5.41. The van der Waals surface area contributed by atoms with E-state index in [-0.39, 0.29) is 0 Å². The van der Waals surface area contributed by atoms with E-state index in [0.717, 1.165) is 7.05 Å². The highest BCUT2D eigenvalue weighted by atomic mass is 19.2. The molecule has 1 aromatic carbocycles. The molecule has 0 heterocycles. The van der Waals surface area contributed by atoms with Crippen LogP contribution >= 0.6 is 0 Å². The van der Waals surface area contributed by atoms with E-state index in [4.69, 9.17) is 10.9 Å². The van der Waals surface area contributed by atoms with Crippen molar-refractivity contribution in [2.24, 2.45) is 10.9 Å². The molecule has 1 unspecified atom stereocenters. The predicted molar refractivity (Wildman–Crippen MR) is 61.2 cm³/mol. The van der Waals surface area contributed by atoms with E-state index < -0.39 is 52.4 Å². The van der Waals surface area contributed by atoms with E-state index in [1.165, 1.54) is 6.92 Å². The van der Waals surface area contributed by atoms with Crippen LogP contribution in [0.5, 0.6) is 0 Å². The summed E-state index contributed by atoms with van der Waals surface area (Å²) in [5.41, 5.74) is 3.58. The van der Waals surface area contributed by atoms with Gasteiger partial charge in [0.15, 0.2) is 29.1 Å². The number of nitrogens with two attached hydrogens (primary N) is 1. The molecule has 0 aliphatic heterocycles. The third-order valence-electron chi connectivity index (χ3n) is 2.87. The Kier molecular flexibility index (Phi) is 4.71. The van der Waals surface area contributed by atoms with E-state index >= 15 is 0 Å². The summed E-state index contributed by atoms with van der Waals surface area (Å²) in [6, 6.07) is -1.14. The molecule has 0 aliphatic rings. The summed E-state index contributed by atoms with van der Waals surface area (Å²) < 4.78 is 65.9. The summed E-state index contributed by atoms with van der Waals surface area (Å²) in [5.74, 6) is -13.3. The number of hydrogen-bond acceptors (Lipinski definition) is 3. The molecule has 10 heteroatoms. The minimum atomic E-state index is -2.37. The zero-order valence-corrected chi connectivity index (χ0v) is 10.8. The van der Waals surface area contributed by atoms with Gasteiger partial charge in [0.25, 0.3) is 5.91 Å². The van der Waals surface area contributed by atoms with Gasteiger partial charge in [-0.1, -0.05) is 5.16 Å². The second-order valence-electron chi connectivity index (χ2n) is 4.06. The fourth-order valence-electron chi connectivity index (χ4n) is 1.43. The van der Waals surface area contributed by atoms with Crippen LogP contribution in [0.15, 0.2) is 5.16 Å². The number of rotatable bonds is 3. The molecule has 0 spiro atoms. The second-order valence-corrected chi connectivity index (χ2v) is 4.06. The maximum Gasteiger partial charge on any atom is 0.260 e. The fraction of sp³-hybridized carbons (Fsp3) is 0.273. The van der Waals surface area contributed by atoms with Crippen LogP contribution in [0.2, 0.25) is 0 Å². The van der Waals surface area contributed by atoms with Gasteiger partial charge in [-0.05, 0) is 6.92 Å². The van der Waals surface area contributed by atoms with Gasteiger partial charge in [-0.3, -0.25) is 4.79 Å². The summed E-state index contributed by atoms with van der Waals surface area (Å²) in [4.78, 5) is 12.4. The highest BCUT2D eigenvalue weighted by Gasteiger charge is 2.33. The van der Waals surface area contributed by atoms with Gasteiger partial charge in [0.2, 0.25) is 5.82 Å². The van der Waals surface area contributed by atoms with Gasteiger partial charge in [-0.15, -0.1) is 0 Å². The van der Waals surface area contributed by atoms with Crippen LogP contribution in [-0.2, 0) is 0 Å². The first-order valence-corrected chi connectivity index (χ1v) is 5.41. The zero-order valence-electron chi connectivity index (χ0n) is 10.8. The van der Waals surface area contributed by atoms with E-state index in [1.54, 1.807) is 0 Å². The van der Waals surface area contributed by atoms with E-state index in [9.17, 15) is 26.7 Å². The lowest BCUT2D eigenvalue weighted by molar-refractivity contribution is 0.0763. The molecule has 116 valence electrons. The number of carbonyl (C=O) groups is 1. The molecule has 5 nitrogen and oxygen atoms in total. The summed E-state index contributed by atoms with van der Waals surface area (Å²) in [5, 5.41) is 11.0. The summed E-state index contributed by atoms with van der Waals surface area (Å²) >= 11 is 0. The van der Waals surface area contributed by atoms with Crippen LogP contribution < -0.4 is 5.73 Å². The molecule has 1 amide bonds. The monoisotopic (exact) mass is 311 g/mol. The quantitative estimate of drug-likeness (QED) is 0.169. The highest BCUT2D eigenvalue weighted by Crippen LogP contribution is 2.24. The smallest absolute Gasteiger partial charge is 0.260 e. The molecular formula is C11H10F5N3O2. The van der Waals surface area contributed by atoms with E-state index in [0.29, 0.717) is 4.90 Å². The lowest BCUT2D eigenvalue weighted by Gasteiger charge is -2.24. The Morgan fingerprint density at radius 2 is 1.48 bits per heavy atom. The number of halogens is 5. The SMILES string of the molecule is CC(C(N)=NO)N(C)C(=O)c1c(F)c(F)c(F)c(F)c1F. The summed E-state index contributed by atoms with van der Waals surface area (Å²) in [6.45, 7) is 1.22. The fourth-order valence-corrected chi connectivity index (χ4v) is 1.43. The highest BCUT2D eigenvalue weighted by molar-refractivity contribution is 5.98. The topological polar surface area (TPSA) is 78.9 Å². The Morgan fingerprint density at radius 1 is 1.10 bits per heavy atom. The first-order chi connectivity index (χ1) is 9.64. The van der Waals surface area contributed by atoms with Crippen LogP contribution in [0.1, 0.15) is 17.3 Å². The van der Waals surface area contributed by atoms with Gasteiger partial charge in [0.1, 0.15) is 5.56 Å². The molecule has 0 saturated heterocycles. The van der Waals surface area contributed by atoms with Gasteiger partial charge in [0, 0.05) is 7.05 Å². The van der Waals surface area contributed by atoms with Crippen molar-refractivity contribution in [1.82, 2.24) is 4.90 Å². The number of likely N-dealkylation sites (N-methyl/N-ethyl adjacent to an activating group) is 1. The van der Waals surface area contributed by atoms with E-state index in [2.05, 4.69) is 5.16 Å². The van der Waals surface area contributed by atoms with Crippen LogP contribution in [-0.4, -0.2) is 34.9 Å². The molecule has 0 aliphatic carbocycles. The molecule has 0 saturated carbocycles. The largest absolute Gasteiger partial charge is 0.409 e. The number of carbonyl (C=O) groups excluding carboxylic acids is 1. The zero-order chi connectivity index (χ0) is 16.5. The summed E-state index contributed by atoms with van der Waals surface area (Å²) in [7, 11) is 0.989.